The fourth-order valence-electron chi connectivity index (χ4n) is 4.37. The van der Waals surface area contributed by atoms with Gasteiger partial charge in [-0.15, -0.1) is 0 Å². The first kappa shape index (κ1) is 24.8. The van der Waals surface area contributed by atoms with E-state index in [1.807, 2.05) is 0 Å². The predicted molar refractivity (Wildman–Crippen MR) is 106 cm³/mol. The largest absolute Gasteiger partial charge is 0.488 e. The highest BCUT2D eigenvalue weighted by Crippen LogP contribution is 2.70. The second-order valence-electron chi connectivity index (χ2n) is 7.96. The van der Waals surface area contributed by atoms with Crippen molar-refractivity contribution in [3.05, 3.63) is 12.7 Å². The Morgan fingerprint density at radius 1 is 1.18 bits per heavy atom. The average molecular weight is 531 g/mol. The highest BCUT2D eigenvalue weighted by molar-refractivity contribution is 7.68. The first-order valence-electron chi connectivity index (χ1n) is 9.09. The zero-order valence-corrected chi connectivity index (χ0v) is 19.3. The van der Waals surface area contributed by atoms with Crippen LogP contribution < -0.4 is 5.73 Å². The van der Waals surface area contributed by atoms with Gasteiger partial charge in [0.25, 0.3) is 0 Å². The number of aliphatic hydroxyl groups excluding tert-OH is 1. The Morgan fingerprint density at radius 2 is 1.85 bits per heavy atom. The number of imidazole rings is 1. The lowest BCUT2D eigenvalue weighted by molar-refractivity contribution is -0.127. The number of aliphatic hydroxyl groups is 2. The second kappa shape index (κ2) is 7.59. The summed E-state index contributed by atoms with van der Waals surface area (Å²) in [5.41, 5.74) is 2.96. The minimum atomic E-state index is -5.64. The first-order chi connectivity index (χ1) is 15.0. The molecule has 2 heterocycles. The molecule has 33 heavy (non-hydrogen) atoms. The molecule has 17 nitrogen and oxygen atoms in total. The van der Waals surface area contributed by atoms with Gasteiger partial charge < -0.3 is 44.8 Å². The van der Waals surface area contributed by atoms with Crippen molar-refractivity contribution in [1.82, 2.24) is 19.5 Å². The summed E-state index contributed by atoms with van der Waals surface area (Å²) in [6.45, 7) is 1.32. The van der Waals surface area contributed by atoms with Gasteiger partial charge in [0.15, 0.2) is 11.5 Å². The van der Waals surface area contributed by atoms with Crippen molar-refractivity contribution in [2.45, 2.75) is 36.7 Å². The monoisotopic (exact) mass is 531 g/mol. The van der Waals surface area contributed by atoms with Crippen LogP contribution in [0.4, 0.5) is 5.82 Å². The van der Waals surface area contributed by atoms with E-state index in [0.717, 1.165) is 0 Å². The number of nitrogen functional groups attached to an aromatic ring is 1. The Bertz CT molecular complexity index is 1250. The van der Waals surface area contributed by atoms with Gasteiger partial charge in [-0.2, -0.15) is 4.31 Å². The van der Waals surface area contributed by atoms with E-state index in [0.29, 0.717) is 0 Å². The lowest BCUT2D eigenvalue weighted by Gasteiger charge is -2.34. The zero-order valence-electron chi connectivity index (χ0n) is 16.6. The van der Waals surface area contributed by atoms with Gasteiger partial charge in [-0.25, -0.2) is 28.4 Å². The van der Waals surface area contributed by atoms with Gasteiger partial charge in [-0.3, -0.25) is 4.57 Å². The maximum atomic E-state index is 12.2. The van der Waals surface area contributed by atoms with Crippen LogP contribution in [0.5, 0.6) is 0 Å². The summed E-state index contributed by atoms with van der Waals surface area (Å²) >= 11 is 0. The molecular formula is C13H20N5O12P3. The molecule has 2 aliphatic rings. The minimum Gasteiger partial charge on any atom is -0.387 e. The lowest BCUT2D eigenvalue weighted by atomic mass is 9.92. The molecule has 2 aliphatic carbocycles. The summed E-state index contributed by atoms with van der Waals surface area (Å²) < 4.78 is 48.8. The molecule has 3 unspecified atom stereocenters. The Morgan fingerprint density at radius 3 is 2.48 bits per heavy atom. The van der Waals surface area contributed by atoms with Crippen molar-refractivity contribution in [1.29, 1.82) is 0 Å². The number of phosphoric acid groups is 2. The molecule has 20 heteroatoms. The lowest BCUT2D eigenvalue weighted by Crippen LogP contribution is -2.48. The van der Waals surface area contributed by atoms with E-state index in [1.165, 1.54) is 24.1 Å². The van der Waals surface area contributed by atoms with Gasteiger partial charge >= 0.3 is 23.2 Å². The van der Waals surface area contributed by atoms with Crippen molar-refractivity contribution in [3.8, 4) is 0 Å². The van der Waals surface area contributed by atoms with Gasteiger partial charge in [0.1, 0.15) is 35.5 Å². The minimum absolute atomic E-state index is 0.0968. The number of hydrogen-bond acceptors (Lipinski definition) is 12. The summed E-state index contributed by atoms with van der Waals surface area (Å²) in [4.78, 5) is 48.4. The quantitative estimate of drug-likeness (QED) is 0.206. The smallest absolute Gasteiger partial charge is 0.387 e. The number of anilines is 1. The number of nitrogens with two attached hydrogens (primary N) is 1. The summed E-state index contributed by atoms with van der Waals surface area (Å²) in [6, 6.07) is -0.854. The molecule has 2 aromatic heterocycles. The molecule has 0 amide bonds. The molecule has 2 fully saturated rings. The number of ether oxygens (including phenoxy) is 1. The number of nitrogens with zero attached hydrogens (tertiary/aromatic N) is 4. The van der Waals surface area contributed by atoms with E-state index < -0.39 is 58.9 Å². The third-order valence-corrected chi connectivity index (χ3v) is 9.60. The molecule has 0 aliphatic heterocycles. The second-order valence-corrected chi connectivity index (χ2v) is 12.7. The molecule has 0 radical (unpaired) electrons. The maximum Gasteiger partial charge on any atom is 0.488 e. The van der Waals surface area contributed by atoms with Crippen molar-refractivity contribution in [2.75, 3.05) is 12.1 Å². The summed E-state index contributed by atoms with van der Waals surface area (Å²) in [5.74, 6) is -0.511. The summed E-state index contributed by atoms with van der Waals surface area (Å²) in [7, 11) is -16.3. The van der Waals surface area contributed by atoms with Crippen LogP contribution in [0.3, 0.4) is 0 Å². The first-order valence-corrected chi connectivity index (χ1v) is 13.9. The van der Waals surface area contributed by atoms with Crippen molar-refractivity contribution in [2.24, 2.45) is 5.92 Å². The predicted octanol–water partition coefficient (Wildman–Crippen LogP) is -0.780. The highest BCUT2D eigenvalue weighted by atomic mass is 31.3. The number of hydrogen-bond donors (Lipinski definition) is 7. The molecule has 0 aromatic carbocycles. The molecule has 184 valence electrons. The van der Waals surface area contributed by atoms with Gasteiger partial charge in [-0.05, 0) is 13.3 Å². The fraction of sp³-hybridized carbons (Fsp3) is 0.615. The van der Waals surface area contributed by atoms with Crippen LogP contribution in [0.1, 0.15) is 19.4 Å². The molecule has 0 spiro atoms. The molecule has 0 bridgehead atoms. The highest BCUT2D eigenvalue weighted by Gasteiger charge is 2.77. The fourth-order valence-corrected chi connectivity index (χ4v) is 7.72. The van der Waals surface area contributed by atoms with E-state index in [1.54, 1.807) is 0 Å². The van der Waals surface area contributed by atoms with Crippen LogP contribution in [-0.2, 0) is 27.1 Å². The van der Waals surface area contributed by atoms with Crippen LogP contribution in [0.2, 0.25) is 0 Å². The van der Waals surface area contributed by atoms with E-state index in [9.17, 15) is 33.7 Å². The van der Waals surface area contributed by atoms with E-state index in [-0.39, 0.29) is 23.4 Å². The van der Waals surface area contributed by atoms with E-state index in [2.05, 4.69) is 23.6 Å². The van der Waals surface area contributed by atoms with E-state index in [4.69, 9.17) is 20.3 Å². The van der Waals surface area contributed by atoms with E-state index >= 15 is 0 Å². The van der Waals surface area contributed by atoms with Crippen LogP contribution in [0.15, 0.2) is 12.7 Å². The van der Waals surface area contributed by atoms with Crippen LogP contribution in [0, 0.1) is 5.92 Å². The molecule has 7 atom stereocenters. The third kappa shape index (κ3) is 4.41. The number of rotatable bonds is 8. The maximum absolute atomic E-state index is 12.2. The van der Waals surface area contributed by atoms with Gasteiger partial charge in [-0.1, -0.05) is 0 Å². The van der Waals surface area contributed by atoms with Crippen LogP contribution >= 0.6 is 23.2 Å². The average Bonchev–Trinajstić information content (AvgIpc) is 3.13. The van der Waals surface area contributed by atoms with Crippen LogP contribution in [-0.4, -0.2) is 73.0 Å². The molecule has 8 N–H and O–H groups in total. The van der Waals surface area contributed by atoms with Gasteiger partial charge in [0.05, 0.1) is 12.4 Å². The zero-order chi connectivity index (χ0) is 24.6. The van der Waals surface area contributed by atoms with Crippen molar-refractivity contribution < 1.29 is 56.8 Å². The topological polar surface area (TPSA) is 270 Å². The van der Waals surface area contributed by atoms with Crippen molar-refractivity contribution in [3.63, 3.8) is 0 Å². The molecule has 2 saturated carbocycles. The number of fused-ring (bicyclic) bond motifs is 2. The standard InChI is InChI=1S/C13H20N5O12P3/c1-12(20)8(18-4-17-7-9(14)15-3-16-10(7)18)6-2-13(6,11(12)19)28-5-31(21,22)29-33(26,27)30-32(23,24)25/h3-4,6,8,11,19-20H,2,5H2,1H3,(H,21,22)(H,26,27)(H2,14,15,16)(H2,23,24,25)/t6-,8-,11?,12+,13+/m1/s1. The molecule has 0 saturated heterocycles. The molecule has 2 aromatic rings. The Labute approximate surface area is 184 Å². The summed E-state index contributed by atoms with van der Waals surface area (Å²) in [5, 5.41) is 21.8. The van der Waals surface area contributed by atoms with Crippen molar-refractivity contribution >= 4 is 40.2 Å². The summed E-state index contributed by atoms with van der Waals surface area (Å²) in [6.07, 6.45) is -0.177. The molecule has 4 rings (SSSR count). The SMILES string of the molecule is C[C@@]1(O)C(O)[C@]2(OCP(=O)(O)OP(=O)(O)OP(=O)(O)O)C[C@@H]2[C@H]1n1cnc2c(N)ncnc21. The molecular weight excluding hydrogens is 511 g/mol. The third-order valence-electron chi connectivity index (χ3n) is 5.63. The van der Waals surface area contributed by atoms with Gasteiger partial charge in [0, 0.05) is 5.92 Å². The Kier molecular flexibility index (Phi) is 5.70. The Hall–Kier alpha value is -1.32. The Balaban J connectivity index is 1.55. The van der Waals surface area contributed by atoms with Gasteiger partial charge in [0.2, 0.25) is 0 Å². The normalized spacial score (nSPS) is 35.2. The number of aromatic nitrogens is 4. The van der Waals surface area contributed by atoms with Crippen LogP contribution in [0.25, 0.3) is 11.2 Å².